The third-order valence-corrected chi connectivity index (χ3v) is 7.52. The minimum absolute atomic E-state index is 0.0666. The molecule has 1 aromatic rings. The summed E-state index contributed by atoms with van der Waals surface area (Å²) >= 11 is 0. The maximum absolute atomic E-state index is 10.5. The fourth-order valence-electron chi connectivity index (χ4n) is 4.13. The van der Waals surface area contributed by atoms with E-state index in [2.05, 4.69) is 43.1 Å². The van der Waals surface area contributed by atoms with Crippen molar-refractivity contribution in [3.05, 3.63) is 42.2 Å². The molecule has 0 aromatic heterocycles. The summed E-state index contributed by atoms with van der Waals surface area (Å²) in [5.41, 5.74) is 0.956. The van der Waals surface area contributed by atoms with Gasteiger partial charge in [-0.05, 0) is 32.4 Å². The molecule has 2 rings (SSSR count). The van der Waals surface area contributed by atoms with Gasteiger partial charge in [0.2, 0.25) is 0 Å². The van der Waals surface area contributed by atoms with Crippen LogP contribution in [0.3, 0.4) is 0 Å². The number of nitrogens with zero attached hydrogens (tertiary/aromatic N) is 2. The van der Waals surface area contributed by atoms with Crippen LogP contribution >= 0.6 is 0 Å². The van der Waals surface area contributed by atoms with Crippen LogP contribution in [0.4, 0.5) is 0 Å². The molecule has 1 atom stereocenters. The van der Waals surface area contributed by atoms with E-state index >= 15 is 0 Å². The molecule has 0 spiro atoms. The van der Waals surface area contributed by atoms with Crippen molar-refractivity contribution in [2.75, 3.05) is 13.6 Å². The number of hydrogen-bond acceptors (Lipinski definition) is 4. The highest BCUT2D eigenvalue weighted by molar-refractivity contribution is 7.85. The summed E-state index contributed by atoms with van der Waals surface area (Å²) in [6.07, 6.45) is 25.1. The van der Waals surface area contributed by atoms with Gasteiger partial charge in [-0.3, -0.25) is 4.55 Å². The maximum atomic E-state index is 10.5. The van der Waals surface area contributed by atoms with Crippen LogP contribution in [-0.4, -0.2) is 42.5 Å². The zero-order valence-electron chi connectivity index (χ0n) is 22.2. The molecule has 1 N–H and O–H groups in total. The number of benzene rings is 1. The van der Waals surface area contributed by atoms with Gasteiger partial charge in [-0.1, -0.05) is 108 Å². The zero-order valence-corrected chi connectivity index (χ0v) is 23.0. The molecule has 0 saturated carbocycles. The van der Waals surface area contributed by atoms with Gasteiger partial charge in [0.15, 0.2) is 0 Å². The smallest absolute Gasteiger partial charge is 0.294 e. The van der Waals surface area contributed by atoms with Gasteiger partial charge < -0.3 is 9.80 Å². The standard InChI is InChI=1S/C21H42N2.C7H8O3S/c1-4-5-6-7-8-9-10-11-12-13-14-15-16-17-18-23-20-19-22(3)21(23)2;1-6-2-4-7(5-3-6)11(8,9)10/h19-21H,4-18H2,1-3H3;2-5H,1H3,(H,8,9,10). The molecule has 0 aliphatic carbocycles. The lowest BCUT2D eigenvalue weighted by Crippen LogP contribution is -2.34. The maximum Gasteiger partial charge on any atom is 0.294 e. The Balaban J connectivity index is 0.000000437. The molecule has 0 radical (unpaired) electrons. The highest BCUT2D eigenvalue weighted by Gasteiger charge is 2.17. The van der Waals surface area contributed by atoms with Crippen LogP contribution in [-0.2, 0) is 10.1 Å². The summed E-state index contributed by atoms with van der Waals surface area (Å²) in [7, 11) is -1.86. The van der Waals surface area contributed by atoms with Gasteiger partial charge in [0, 0.05) is 26.0 Å². The minimum Gasteiger partial charge on any atom is -0.359 e. The van der Waals surface area contributed by atoms with E-state index in [0.717, 1.165) is 5.56 Å². The molecule has 1 aromatic carbocycles. The quantitative estimate of drug-likeness (QED) is 0.188. The third kappa shape index (κ3) is 14.0. The number of rotatable bonds is 16. The molecule has 1 aliphatic heterocycles. The van der Waals surface area contributed by atoms with Crippen LogP contribution in [0.1, 0.15) is 109 Å². The fourth-order valence-corrected chi connectivity index (χ4v) is 4.61. The average Bonchev–Trinajstić information content (AvgIpc) is 3.11. The van der Waals surface area contributed by atoms with Crippen LogP contribution in [0.5, 0.6) is 0 Å². The van der Waals surface area contributed by atoms with Gasteiger partial charge in [-0.15, -0.1) is 0 Å². The Labute approximate surface area is 210 Å². The molecule has 6 heteroatoms. The van der Waals surface area contributed by atoms with Gasteiger partial charge in [0.25, 0.3) is 10.1 Å². The SMILES string of the molecule is CCCCCCCCCCCCCCCCN1C=CN(C)C1C.Cc1ccc(S(=O)(=O)O)cc1. The van der Waals surface area contributed by atoms with Crippen LogP contribution in [0.15, 0.2) is 41.6 Å². The Hall–Kier alpha value is -1.53. The van der Waals surface area contributed by atoms with Gasteiger partial charge in [0.1, 0.15) is 0 Å². The lowest BCUT2D eigenvalue weighted by Gasteiger charge is -2.26. The second kappa shape index (κ2) is 17.8. The second-order valence-corrected chi connectivity index (χ2v) is 11.1. The zero-order chi connectivity index (χ0) is 25.2. The van der Waals surface area contributed by atoms with Crippen molar-refractivity contribution in [1.82, 2.24) is 9.80 Å². The third-order valence-electron chi connectivity index (χ3n) is 6.65. The number of hydrogen-bond donors (Lipinski definition) is 1. The van der Waals surface area contributed by atoms with E-state index < -0.39 is 10.1 Å². The Morgan fingerprint density at radius 3 is 1.59 bits per heavy atom. The lowest BCUT2D eigenvalue weighted by molar-refractivity contribution is 0.192. The Bertz CT molecular complexity index is 762. The summed E-state index contributed by atoms with van der Waals surface area (Å²) in [6, 6.07) is 5.99. The van der Waals surface area contributed by atoms with Crippen molar-refractivity contribution in [2.24, 2.45) is 0 Å². The molecule has 1 aliphatic rings. The molecule has 196 valence electrons. The molecular weight excluding hydrogens is 444 g/mol. The predicted octanol–water partition coefficient (Wildman–Crippen LogP) is 7.77. The molecule has 1 heterocycles. The molecule has 0 amide bonds. The molecule has 0 bridgehead atoms. The first kappa shape index (κ1) is 30.5. The van der Waals surface area contributed by atoms with Crippen molar-refractivity contribution in [1.29, 1.82) is 0 Å². The number of aryl methyl sites for hydroxylation is 1. The van der Waals surface area contributed by atoms with E-state index in [1.54, 1.807) is 12.1 Å². The van der Waals surface area contributed by atoms with E-state index in [1.807, 2.05) is 6.92 Å². The van der Waals surface area contributed by atoms with Gasteiger partial charge in [-0.25, -0.2) is 0 Å². The second-order valence-electron chi connectivity index (χ2n) is 9.72. The predicted molar refractivity (Wildman–Crippen MR) is 144 cm³/mol. The average molecular weight is 495 g/mol. The normalized spacial score (nSPS) is 15.5. The highest BCUT2D eigenvalue weighted by Crippen LogP contribution is 2.16. The summed E-state index contributed by atoms with van der Waals surface area (Å²) in [6.45, 7) is 7.64. The molecule has 5 nitrogen and oxygen atoms in total. The summed E-state index contributed by atoms with van der Waals surface area (Å²) in [5, 5.41) is 0. The Morgan fingerprint density at radius 1 is 0.765 bits per heavy atom. The minimum atomic E-state index is -4.02. The monoisotopic (exact) mass is 494 g/mol. The molecule has 0 fully saturated rings. The number of unbranched alkanes of at least 4 members (excludes halogenated alkanes) is 13. The lowest BCUT2D eigenvalue weighted by atomic mass is 10.0. The van der Waals surface area contributed by atoms with Gasteiger partial charge in [-0.2, -0.15) is 8.42 Å². The van der Waals surface area contributed by atoms with E-state index in [0.29, 0.717) is 6.17 Å². The molecular formula is C28H50N2O3S. The van der Waals surface area contributed by atoms with E-state index in [1.165, 1.54) is 109 Å². The first-order valence-corrected chi connectivity index (χ1v) is 14.9. The first-order valence-electron chi connectivity index (χ1n) is 13.5. The highest BCUT2D eigenvalue weighted by atomic mass is 32.2. The van der Waals surface area contributed by atoms with E-state index in [9.17, 15) is 8.42 Å². The molecule has 0 saturated heterocycles. The van der Waals surface area contributed by atoms with E-state index in [4.69, 9.17) is 4.55 Å². The topological polar surface area (TPSA) is 60.9 Å². The van der Waals surface area contributed by atoms with Gasteiger partial charge in [0.05, 0.1) is 11.1 Å². The van der Waals surface area contributed by atoms with Crippen LogP contribution < -0.4 is 0 Å². The Kier molecular flexibility index (Phi) is 16.0. The van der Waals surface area contributed by atoms with Crippen LogP contribution in [0.2, 0.25) is 0 Å². The van der Waals surface area contributed by atoms with Gasteiger partial charge >= 0.3 is 0 Å². The van der Waals surface area contributed by atoms with Crippen molar-refractivity contribution >= 4 is 10.1 Å². The van der Waals surface area contributed by atoms with Crippen LogP contribution in [0, 0.1) is 6.92 Å². The molecule has 34 heavy (non-hydrogen) atoms. The van der Waals surface area contributed by atoms with Crippen molar-refractivity contribution in [3.63, 3.8) is 0 Å². The summed E-state index contributed by atoms with van der Waals surface area (Å²) in [4.78, 5) is 4.67. The first-order chi connectivity index (χ1) is 16.3. The summed E-state index contributed by atoms with van der Waals surface area (Å²) < 4.78 is 29.6. The Morgan fingerprint density at radius 2 is 1.21 bits per heavy atom. The largest absolute Gasteiger partial charge is 0.359 e. The summed E-state index contributed by atoms with van der Waals surface area (Å²) in [5.74, 6) is 0. The van der Waals surface area contributed by atoms with Crippen LogP contribution in [0.25, 0.3) is 0 Å². The van der Waals surface area contributed by atoms with E-state index in [-0.39, 0.29) is 4.90 Å². The molecule has 1 unspecified atom stereocenters. The van der Waals surface area contributed by atoms with Crippen molar-refractivity contribution < 1.29 is 13.0 Å². The fraction of sp³-hybridized carbons (Fsp3) is 0.714. The van der Waals surface area contributed by atoms with Crippen molar-refractivity contribution in [2.45, 2.75) is 122 Å². The van der Waals surface area contributed by atoms with Crippen molar-refractivity contribution in [3.8, 4) is 0 Å².